The van der Waals surface area contributed by atoms with Crippen molar-refractivity contribution in [1.82, 2.24) is 0 Å². The highest BCUT2D eigenvalue weighted by Gasteiger charge is 2.40. The smallest absolute Gasteiger partial charge is 0.164 e. The molecule has 1 radical (unpaired) electrons. The zero-order valence-electron chi connectivity index (χ0n) is 8.87. The van der Waals surface area contributed by atoms with Gasteiger partial charge >= 0.3 is 0 Å². The van der Waals surface area contributed by atoms with E-state index in [4.69, 9.17) is 9.47 Å². The monoisotopic (exact) mass is 317 g/mol. The first-order valence-corrected chi connectivity index (χ1v) is 6.00. The van der Waals surface area contributed by atoms with Crippen LogP contribution in [0.4, 0.5) is 0 Å². The van der Waals surface area contributed by atoms with Gasteiger partial charge in [0.25, 0.3) is 0 Å². The lowest BCUT2D eigenvalue weighted by atomic mass is 10.1. The van der Waals surface area contributed by atoms with Crippen LogP contribution in [-0.2, 0) is 9.47 Å². The van der Waals surface area contributed by atoms with Gasteiger partial charge in [0.2, 0.25) is 0 Å². The molecular formula is C12H14IO2. The molecule has 1 aromatic rings. The number of ether oxygens (including phenoxy) is 2. The van der Waals surface area contributed by atoms with Crippen LogP contribution in [-0.4, -0.2) is 11.9 Å². The average Bonchev–Trinajstić information content (AvgIpc) is 2.40. The molecule has 0 saturated carbocycles. The Morgan fingerprint density at radius 1 is 1.27 bits per heavy atom. The second-order valence-corrected chi connectivity index (χ2v) is 5.28. The zero-order valence-corrected chi connectivity index (χ0v) is 11.0. The molecule has 0 bridgehead atoms. The molecule has 15 heavy (non-hydrogen) atoms. The van der Waals surface area contributed by atoms with Gasteiger partial charge in [-0.2, -0.15) is 0 Å². The van der Waals surface area contributed by atoms with E-state index >= 15 is 0 Å². The Hall–Kier alpha value is -0.130. The molecule has 1 saturated heterocycles. The van der Waals surface area contributed by atoms with Crippen molar-refractivity contribution in [3.63, 3.8) is 0 Å². The Labute approximate surface area is 104 Å². The largest absolute Gasteiger partial charge is 0.344 e. The van der Waals surface area contributed by atoms with Gasteiger partial charge in [0.15, 0.2) is 5.79 Å². The summed E-state index contributed by atoms with van der Waals surface area (Å²) in [6, 6.07) is 8.16. The van der Waals surface area contributed by atoms with Gasteiger partial charge < -0.3 is 9.47 Å². The summed E-state index contributed by atoms with van der Waals surface area (Å²) in [7, 11) is 0. The minimum Gasteiger partial charge on any atom is -0.344 e. The van der Waals surface area contributed by atoms with Gasteiger partial charge in [0, 0.05) is 3.57 Å². The summed E-state index contributed by atoms with van der Waals surface area (Å²) < 4.78 is 12.7. The molecule has 3 heteroatoms. The maximum atomic E-state index is 5.84. The fourth-order valence-electron chi connectivity index (χ4n) is 1.81. The highest BCUT2D eigenvalue weighted by Crippen LogP contribution is 2.39. The van der Waals surface area contributed by atoms with Crippen molar-refractivity contribution in [2.24, 2.45) is 0 Å². The molecule has 0 aliphatic carbocycles. The topological polar surface area (TPSA) is 18.5 Å². The van der Waals surface area contributed by atoms with Gasteiger partial charge in [-0.15, -0.1) is 0 Å². The molecular weight excluding hydrogens is 303 g/mol. The van der Waals surface area contributed by atoms with Crippen LogP contribution >= 0.6 is 22.6 Å². The van der Waals surface area contributed by atoms with E-state index in [2.05, 4.69) is 41.6 Å². The van der Waals surface area contributed by atoms with Crippen LogP contribution in [0.25, 0.3) is 0 Å². The second kappa shape index (κ2) is 4.03. The number of rotatable bonds is 1. The van der Waals surface area contributed by atoms with Crippen LogP contribution in [0.15, 0.2) is 24.3 Å². The Morgan fingerprint density at radius 2 is 1.93 bits per heavy atom. The van der Waals surface area contributed by atoms with Gasteiger partial charge in [-0.05, 0) is 55.0 Å². The SMILES string of the molecule is [CH2][C@@H]1OC(C)(C)O[C@H]1c1ccccc1I. The molecule has 1 fully saturated rings. The van der Waals surface area contributed by atoms with Gasteiger partial charge in [-0.25, -0.2) is 0 Å². The normalized spacial score (nSPS) is 29.3. The molecule has 2 nitrogen and oxygen atoms in total. The van der Waals surface area contributed by atoms with Gasteiger partial charge in [-0.1, -0.05) is 18.2 Å². The first kappa shape index (κ1) is 11.4. The molecule has 0 spiro atoms. The van der Waals surface area contributed by atoms with Gasteiger partial charge in [0.1, 0.15) is 6.10 Å². The van der Waals surface area contributed by atoms with Crippen molar-refractivity contribution in [3.05, 3.63) is 40.3 Å². The van der Waals surface area contributed by atoms with E-state index in [1.807, 2.05) is 26.0 Å². The quantitative estimate of drug-likeness (QED) is 0.740. The Balaban J connectivity index is 2.29. The third kappa shape index (κ3) is 2.34. The zero-order chi connectivity index (χ0) is 11.1. The van der Waals surface area contributed by atoms with Crippen LogP contribution in [0.1, 0.15) is 25.5 Å². The first-order valence-electron chi connectivity index (χ1n) is 4.93. The van der Waals surface area contributed by atoms with Crippen LogP contribution < -0.4 is 0 Å². The molecule has 1 aliphatic rings. The van der Waals surface area contributed by atoms with Crippen molar-refractivity contribution < 1.29 is 9.47 Å². The van der Waals surface area contributed by atoms with E-state index < -0.39 is 5.79 Å². The van der Waals surface area contributed by atoms with E-state index in [0.29, 0.717) is 0 Å². The lowest BCUT2D eigenvalue weighted by Gasteiger charge is -2.17. The van der Waals surface area contributed by atoms with Crippen molar-refractivity contribution >= 4 is 22.6 Å². The number of hydrogen-bond donors (Lipinski definition) is 0. The fraction of sp³-hybridized carbons (Fsp3) is 0.417. The van der Waals surface area contributed by atoms with Gasteiger partial charge in [-0.3, -0.25) is 0 Å². The van der Waals surface area contributed by atoms with Crippen LogP contribution in [0.3, 0.4) is 0 Å². The Morgan fingerprint density at radius 3 is 2.47 bits per heavy atom. The van der Waals surface area contributed by atoms with E-state index in [9.17, 15) is 0 Å². The molecule has 0 amide bonds. The number of halogens is 1. The Kier molecular flexibility index (Phi) is 3.05. The average molecular weight is 317 g/mol. The summed E-state index contributed by atoms with van der Waals surface area (Å²) in [4.78, 5) is 0. The number of benzene rings is 1. The summed E-state index contributed by atoms with van der Waals surface area (Å²) in [6.45, 7) is 7.82. The third-order valence-corrected chi connectivity index (χ3v) is 3.38. The van der Waals surface area contributed by atoms with Crippen molar-refractivity contribution in [2.45, 2.75) is 31.8 Å². The van der Waals surface area contributed by atoms with E-state index in [-0.39, 0.29) is 12.2 Å². The number of hydrogen-bond acceptors (Lipinski definition) is 2. The molecule has 1 heterocycles. The predicted octanol–water partition coefficient (Wildman–Crippen LogP) is 3.32. The maximum absolute atomic E-state index is 5.84. The molecule has 0 N–H and O–H groups in total. The molecule has 2 rings (SSSR count). The highest BCUT2D eigenvalue weighted by molar-refractivity contribution is 14.1. The lowest BCUT2D eigenvalue weighted by molar-refractivity contribution is -0.143. The van der Waals surface area contributed by atoms with E-state index in [1.54, 1.807) is 0 Å². The summed E-state index contributed by atoms with van der Waals surface area (Å²) in [6.07, 6.45) is -0.205. The molecule has 1 aliphatic heterocycles. The van der Waals surface area contributed by atoms with Crippen LogP contribution in [0, 0.1) is 10.5 Å². The Bertz CT molecular complexity index is 362. The molecule has 0 unspecified atom stereocenters. The summed E-state index contributed by atoms with van der Waals surface area (Å²) in [5, 5.41) is 0. The molecule has 0 aromatic heterocycles. The van der Waals surface area contributed by atoms with Crippen molar-refractivity contribution in [3.8, 4) is 0 Å². The fourth-order valence-corrected chi connectivity index (χ4v) is 2.50. The minimum absolute atomic E-state index is 0.0619. The lowest BCUT2D eigenvalue weighted by Crippen LogP contribution is -2.20. The third-order valence-electron chi connectivity index (χ3n) is 2.40. The summed E-state index contributed by atoms with van der Waals surface area (Å²) in [5.74, 6) is -0.532. The van der Waals surface area contributed by atoms with Crippen LogP contribution in [0.2, 0.25) is 0 Å². The van der Waals surface area contributed by atoms with Crippen molar-refractivity contribution in [1.29, 1.82) is 0 Å². The minimum atomic E-state index is -0.532. The van der Waals surface area contributed by atoms with Crippen molar-refractivity contribution in [2.75, 3.05) is 0 Å². The summed E-state index contributed by atoms with van der Waals surface area (Å²) >= 11 is 2.31. The van der Waals surface area contributed by atoms with E-state index in [1.165, 1.54) is 3.57 Å². The highest BCUT2D eigenvalue weighted by atomic mass is 127. The molecule has 1 aromatic carbocycles. The van der Waals surface area contributed by atoms with Gasteiger partial charge in [0.05, 0.1) is 6.10 Å². The van der Waals surface area contributed by atoms with Crippen LogP contribution in [0.5, 0.6) is 0 Å². The second-order valence-electron chi connectivity index (χ2n) is 4.12. The summed E-state index contributed by atoms with van der Waals surface area (Å²) in [5.41, 5.74) is 1.16. The van der Waals surface area contributed by atoms with E-state index in [0.717, 1.165) is 5.56 Å². The molecule has 81 valence electrons. The standard InChI is InChI=1S/C12H14IO2/c1-8-11(15-12(2,3)14-8)9-6-4-5-7-10(9)13/h4-8,11H,1H2,2-3H3/t8-,11+/m0/s1. The predicted molar refractivity (Wildman–Crippen MR) is 67.3 cm³/mol. The first-order chi connectivity index (χ1) is 6.99. The molecule has 2 atom stereocenters. The maximum Gasteiger partial charge on any atom is 0.164 e.